The fourth-order valence-electron chi connectivity index (χ4n) is 9.09. The lowest BCUT2D eigenvalue weighted by Crippen LogP contribution is -1.94. The molecule has 0 saturated carbocycles. The number of benzene rings is 10. The van der Waals surface area contributed by atoms with Crippen LogP contribution in [0.25, 0.3) is 98.7 Å². The Kier molecular flexibility index (Phi) is 8.53. The fourth-order valence-corrected chi connectivity index (χ4v) is 9.09. The Morgan fingerprint density at radius 3 is 1.11 bits per heavy atom. The van der Waals surface area contributed by atoms with Crippen molar-refractivity contribution in [3.05, 3.63) is 206 Å². The summed E-state index contributed by atoms with van der Waals surface area (Å²) >= 11 is 0. The largest absolute Gasteiger partial charge is 0.0648 e. The third-order valence-electron chi connectivity index (χ3n) is 12.0. The topological polar surface area (TPSA) is 0 Å². The van der Waals surface area contributed by atoms with E-state index in [1.807, 2.05) is 0 Å². The van der Waals surface area contributed by atoms with Gasteiger partial charge < -0.3 is 0 Å². The van der Waals surface area contributed by atoms with Crippen molar-refractivity contribution in [2.75, 3.05) is 0 Å². The molecule has 0 aliphatic heterocycles. The number of fused-ring (bicyclic) bond motifs is 4. The van der Waals surface area contributed by atoms with Crippen LogP contribution in [0.3, 0.4) is 0 Å². The highest BCUT2D eigenvalue weighted by Crippen LogP contribution is 2.48. The molecule has 1 atom stereocenters. The first-order valence-corrected chi connectivity index (χ1v) is 19.9. The van der Waals surface area contributed by atoms with Gasteiger partial charge in [0.05, 0.1) is 0 Å². The number of hydrogen-bond acceptors (Lipinski definition) is 0. The van der Waals surface area contributed by atoms with Crippen LogP contribution in [0.2, 0.25) is 0 Å². The third kappa shape index (κ3) is 5.61. The van der Waals surface area contributed by atoms with Gasteiger partial charge in [0.2, 0.25) is 0 Å². The van der Waals surface area contributed by atoms with E-state index in [2.05, 4.69) is 214 Å². The van der Waals surface area contributed by atoms with Gasteiger partial charge in [-0.2, -0.15) is 0 Å². The summed E-state index contributed by atoms with van der Waals surface area (Å²) in [6, 6.07) is 74.2. The highest BCUT2D eigenvalue weighted by molar-refractivity contribution is 6.24. The Hall–Kier alpha value is -6.76. The summed E-state index contributed by atoms with van der Waals surface area (Å²) in [4.78, 5) is 0. The summed E-state index contributed by atoms with van der Waals surface area (Å²) in [6.45, 7) is 4.58. The summed E-state index contributed by atoms with van der Waals surface area (Å²) in [6.07, 6.45) is 1.14. The van der Waals surface area contributed by atoms with E-state index in [4.69, 9.17) is 0 Å². The van der Waals surface area contributed by atoms with E-state index >= 15 is 0 Å². The van der Waals surface area contributed by atoms with Crippen molar-refractivity contribution < 1.29 is 0 Å². The molecule has 0 nitrogen and oxygen atoms in total. The van der Waals surface area contributed by atoms with Crippen LogP contribution >= 0.6 is 0 Å². The van der Waals surface area contributed by atoms with Crippen molar-refractivity contribution in [3.8, 4) is 55.6 Å². The Labute approximate surface area is 329 Å². The molecule has 0 bridgehead atoms. The summed E-state index contributed by atoms with van der Waals surface area (Å²) in [5, 5.41) is 10.1. The summed E-state index contributed by atoms with van der Waals surface area (Å²) in [7, 11) is 0. The van der Waals surface area contributed by atoms with Crippen molar-refractivity contribution in [2.24, 2.45) is 0 Å². The zero-order valence-corrected chi connectivity index (χ0v) is 31.8. The lowest BCUT2D eigenvalue weighted by Gasteiger charge is -2.21. The van der Waals surface area contributed by atoms with Crippen molar-refractivity contribution in [1.29, 1.82) is 0 Å². The first-order valence-electron chi connectivity index (χ1n) is 19.9. The Balaban J connectivity index is 1.21. The minimum atomic E-state index is 0.544. The molecule has 56 heavy (non-hydrogen) atoms. The van der Waals surface area contributed by atoms with Crippen LogP contribution in [0.1, 0.15) is 31.7 Å². The number of hydrogen-bond donors (Lipinski definition) is 0. The zero-order valence-electron chi connectivity index (χ0n) is 31.8. The molecule has 0 heteroatoms. The maximum absolute atomic E-state index is 2.43. The average molecular weight is 715 g/mol. The molecular weight excluding hydrogens is 673 g/mol. The SMILES string of the molecule is CCC(C)c1ccc(-c2c3ccccc3c(-c3cccc(-c4c5ccccc5c(-c5ccccc5-c5ccccc5)c5ccccc45)c3)c3ccccc23)cc1. The predicted molar refractivity (Wildman–Crippen MR) is 242 cm³/mol. The monoisotopic (exact) mass is 714 g/mol. The van der Waals surface area contributed by atoms with Gasteiger partial charge in [0.1, 0.15) is 0 Å². The van der Waals surface area contributed by atoms with Crippen LogP contribution in [0.4, 0.5) is 0 Å². The van der Waals surface area contributed by atoms with Gasteiger partial charge in [0.25, 0.3) is 0 Å². The van der Waals surface area contributed by atoms with Crippen LogP contribution < -0.4 is 0 Å². The molecule has 0 radical (unpaired) electrons. The van der Waals surface area contributed by atoms with E-state index in [0.717, 1.165) is 6.42 Å². The summed E-state index contributed by atoms with van der Waals surface area (Å²) in [5.74, 6) is 0.544. The maximum atomic E-state index is 2.43. The predicted octanol–water partition coefficient (Wildman–Crippen LogP) is 16.1. The molecule has 0 aromatic heterocycles. The molecule has 0 saturated heterocycles. The molecule has 10 rings (SSSR count). The van der Waals surface area contributed by atoms with Crippen molar-refractivity contribution in [1.82, 2.24) is 0 Å². The van der Waals surface area contributed by atoms with Gasteiger partial charge in [-0.25, -0.2) is 0 Å². The van der Waals surface area contributed by atoms with E-state index in [9.17, 15) is 0 Å². The van der Waals surface area contributed by atoms with Gasteiger partial charge in [-0.05, 0) is 123 Å². The van der Waals surface area contributed by atoms with Gasteiger partial charge in [0, 0.05) is 0 Å². The molecule has 10 aromatic rings. The molecule has 0 N–H and O–H groups in total. The van der Waals surface area contributed by atoms with E-state index < -0.39 is 0 Å². The second kappa shape index (κ2) is 14.1. The van der Waals surface area contributed by atoms with E-state index in [-0.39, 0.29) is 0 Å². The highest BCUT2D eigenvalue weighted by Gasteiger charge is 2.21. The number of rotatable bonds is 7. The van der Waals surface area contributed by atoms with Crippen LogP contribution in [0.5, 0.6) is 0 Å². The maximum Gasteiger partial charge on any atom is -0.00201 e. The van der Waals surface area contributed by atoms with Gasteiger partial charge >= 0.3 is 0 Å². The smallest absolute Gasteiger partial charge is 0.00201 e. The third-order valence-corrected chi connectivity index (χ3v) is 12.0. The van der Waals surface area contributed by atoms with Gasteiger partial charge in [-0.3, -0.25) is 0 Å². The molecule has 0 heterocycles. The molecule has 266 valence electrons. The van der Waals surface area contributed by atoms with E-state index in [1.54, 1.807) is 0 Å². The van der Waals surface area contributed by atoms with Crippen LogP contribution in [-0.2, 0) is 0 Å². The first-order chi connectivity index (χ1) is 27.7. The molecule has 0 fully saturated rings. The van der Waals surface area contributed by atoms with E-state index in [0.29, 0.717) is 5.92 Å². The molecule has 0 amide bonds. The minimum Gasteiger partial charge on any atom is -0.0648 e. The van der Waals surface area contributed by atoms with E-state index in [1.165, 1.54) is 104 Å². The molecule has 1 unspecified atom stereocenters. The molecule has 10 aromatic carbocycles. The molecular formula is C56H42. The fraction of sp³-hybridized carbons (Fsp3) is 0.0714. The van der Waals surface area contributed by atoms with Crippen LogP contribution in [0.15, 0.2) is 200 Å². The normalized spacial score (nSPS) is 12.1. The highest BCUT2D eigenvalue weighted by atomic mass is 14.2. The minimum absolute atomic E-state index is 0.544. The second-order valence-corrected chi connectivity index (χ2v) is 15.1. The van der Waals surface area contributed by atoms with Gasteiger partial charge in [0.15, 0.2) is 0 Å². The lowest BCUT2D eigenvalue weighted by molar-refractivity contribution is 0.734. The molecule has 0 aliphatic rings. The second-order valence-electron chi connectivity index (χ2n) is 15.1. The van der Waals surface area contributed by atoms with Crippen LogP contribution in [0, 0.1) is 0 Å². The quantitative estimate of drug-likeness (QED) is 0.144. The van der Waals surface area contributed by atoms with Gasteiger partial charge in [-0.15, -0.1) is 0 Å². The Morgan fingerprint density at radius 2 is 0.661 bits per heavy atom. The summed E-state index contributed by atoms with van der Waals surface area (Å²) < 4.78 is 0. The van der Waals surface area contributed by atoms with Crippen LogP contribution in [-0.4, -0.2) is 0 Å². The molecule has 0 aliphatic carbocycles. The lowest BCUT2D eigenvalue weighted by atomic mass is 9.82. The van der Waals surface area contributed by atoms with Crippen molar-refractivity contribution in [2.45, 2.75) is 26.2 Å². The Morgan fingerprint density at radius 1 is 0.304 bits per heavy atom. The van der Waals surface area contributed by atoms with Crippen molar-refractivity contribution in [3.63, 3.8) is 0 Å². The zero-order chi connectivity index (χ0) is 37.6. The van der Waals surface area contributed by atoms with Crippen molar-refractivity contribution >= 4 is 43.1 Å². The average Bonchev–Trinajstić information content (AvgIpc) is 3.27. The summed E-state index contributed by atoms with van der Waals surface area (Å²) in [5.41, 5.74) is 13.9. The standard InChI is InChI=1S/C56H42/c1-3-37(2)38-32-34-40(35-33-38)53-45-24-9-11-26-47(45)54(48-27-12-10-25-46(48)53)41-20-17-21-42(36-41)55-49-28-13-15-30-51(49)56(52-31-16-14-29-50(52)55)44-23-8-7-22-43(44)39-18-5-4-6-19-39/h4-37H,3H2,1-2H3. The Bertz CT molecular complexity index is 2940. The first kappa shape index (κ1) is 33.8. The molecule has 0 spiro atoms. The van der Waals surface area contributed by atoms with Gasteiger partial charge in [-0.1, -0.05) is 208 Å².